The molecule has 1 aromatic rings. The van der Waals surface area contributed by atoms with Gasteiger partial charge in [0, 0.05) is 42.8 Å². The van der Waals surface area contributed by atoms with Crippen molar-refractivity contribution in [2.24, 2.45) is 0 Å². The number of hydrogen-bond acceptors (Lipinski definition) is 5. The van der Waals surface area contributed by atoms with Crippen LogP contribution in [0.5, 0.6) is 0 Å². The Labute approximate surface area is 138 Å². The third kappa shape index (κ3) is 4.22. The fourth-order valence-electron chi connectivity index (χ4n) is 2.29. The Hall–Kier alpha value is -3.09. The second-order valence-electron chi connectivity index (χ2n) is 5.21. The van der Waals surface area contributed by atoms with Crippen molar-refractivity contribution in [2.75, 3.05) is 13.1 Å². The smallest absolute Gasteiger partial charge is 0.253 e. The highest BCUT2D eigenvalue weighted by atomic mass is 16.2. The van der Waals surface area contributed by atoms with E-state index in [-0.39, 0.29) is 37.2 Å². The molecule has 0 saturated heterocycles. The third-order valence-electron chi connectivity index (χ3n) is 3.60. The molecule has 124 valence electrons. The second-order valence-corrected chi connectivity index (χ2v) is 5.21. The van der Waals surface area contributed by atoms with Crippen LogP contribution in [0.2, 0.25) is 0 Å². The first-order valence-corrected chi connectivity index (χ1v) is 7.38. The molecule has 3 amide bonds. The fourth-order valence-corrected chi connectivity index (χ4v) is 2.29. The highest BCUT2D eigenvalue weighted by Crippen LogP contribution is 2.10. The molecule has 1 heterocycles. The van der Waals surface area contributed by atoms with E-state index in [4.69, 9.17) is 0 Å². The Bertz CT molecular complexity index is 706. The summed E-state index contributed by atoms with van der Waals surface area (Å²) in [6.07, 6.45) is 4.20. The van der Waals surface area contributed by atoms with Gasteiger partial charge in [-0.3, -0.25) is 28.9 Å². The first-order chi connectivity index (χ1) is 11.5. The van der Waals surface area contributed by atoms with Crippen LogP contribution in [0.15, 0.2) is 30.4 Å². The van der Waals surface area contributed by atoms with Gasteiger partial charge in [0.2, 0.25) is 5.91 Å². The average molecular weight is 328 g/mol. The minimum atomic E-state index is -0.383. The topological polar surface area (TPSA) is 101 Å². The summed E-state index contributed by atoms with van der Waals surface area (Å²) < 4.78 is 0. The minimum absolute atomic E-state index is 0.125. The molecule has 7 nitrogen and oxygen atoms in total. The number of rotatable bonds is 8. The van der Waals surface area contributed by atoms with E-state index in [9.17, 15) is 24.0 Å². The Morgan fingerprint density at radius 3 is 2.33 bits per heavy atom. The number of imide groups is 1. The zero-order valence-electron chi connectivity index (χ0n) is 12.9. The van der Waals surface area contributed by atoms with Crippen LogP contribution in [0, 0.1) is 0 Å². The summed E-state index contributed by atoms with van der Waals surface area (Å²) >= 11 is 0. The molecule has 0 bridgehead atoms. The lowest BCUT2D eigenvalue weighted by Crippen LogP contribution is -2.38. The van der Waals surface area contributed by atoms with Gasteiger partial charge in [-0.05, 0) is 18.1 Å². The molecule has 0 aromatic heterocycles. The Balaban J connectivity index is 1.77. The summed E-state index contributed by atoms with van der Waals surface area (Å²) in [5.41, 5.74) is 1.38. The van der Waals surface area contributed by atoms with Crippen LogP contribution in [-0.2, 0) is 20.8 Å². The monoisotopic (exact) mass is 328 g/mol. The van der Waals surface area contributed by atoms with Crippen molar-refractivity contribution in [1.29, 1.82) is 0 Å². The number of nitrogens with one attached hydrogen (secondary N) is 1. The number of carbonyl (C=O) groups is 5. The highest BCUT2D eigenvalue weighted by molar-refractivity contribution is 6.12. The lowest BCUT2D eigenvalue weighted by molar-refractivity contribution is -0.137. The maximum atomic E-state index is 11.8. The van der Waals surface area contributed by atoms with Crippen LogP contribution in [-0.4, -0.2) is 48.3 Å². The first-order valence-electron chi connectivity index (χ1n) is 7.38. The zero-order chi connectivity index (χ0) is 17.5. The van der Waals surface area contributed by atoms with Crippen LogP contribution in [0.3, 0.4) is 0 Å². The van der Waals surface area contributed by atoms with Crippen molar-refractivity contribution >= 4 is 30.3 Å². The van der Waals surface area contributed by atoms with Gasteiger partial charge in [-0.2, -0.15) is 0 Å². The van der Waals surface area contributed by atoms with Gasteiger partial charge in [0.25, 0.3) is 11.8 Å². The Kier molecular flexibility index (Phi) is 5.73. The molecule has 0 aliphatic carbocycles. The fraction of sp³-hybridized carbons (Fsp3) is 0.235. The molecule has 1 aromatic carbocycles. The van der Waals surface area contributed by atoms with Crippen molar-refractivity contribution in [2.45, 2.75) is 12.8 Å². The van der Waals surface area contributed by atoms with E-state index in [1.54, 1.807) is 18.2 Å². The van der Waals surface area contributed by atoms with Crippen LogP contribution < -0.4 is 5.32 Å². The zero-order valence-corrected chi connectivity index (χ0v) is 12.9. The van der Waals surface area contributed by atoms with Crippen LogP contribution in [0.1, 0.15) is 32.7 Å². The molecular weight excluding hydrogens is 312 g/mol. The molecule has 0 spiro atoms. The summed E-state index contributed by atoms with van der Waals surface area (Å²) in [6.45, 7) is 0.307. The number of aryl methyl sites for hydroxylation is 1. The lowest BCUT2D eigenvalue weighted by atomic mass is 10.0. The van der Waals surface area contributed by atoms with E-state index in [0.29, 0.717) is 30.1 Å². The van der Waals surface area contributed by atoms with Crippen molar-refractivity contribution < 1.29 is 24.0 Å². The van der Waals surface area contributed by atoms with E-state index >= 15 is 0 Å². The van der Waals surface area contributed by atoms with Gasteiger partial charge in [0.15, 0.2) is 12.6 Å². The predicted octanol–water partition coefficient (Wildman–Crippen LogP) is 0.285. The molecule has 1 aliphatic heterocycles. The summed E-state index contributed by atoms with van der Waals surface area (Å²) in [5.74, 6) is -0.994. The number of carbonyl (C=O) groups excluding carboxylic acids is 5. The summed E-state index contributed by atoms with van der Waals surface area (Å²) in [4.78, 5) is 57.2. The number of nitrogens with zero attached hydrogens (tertiary/aromatic N) is 1. The molecule has 0 unspecified atom stereocenters. The molecule has 0 radical (unpaired) electrons. The van der Waals surface area contributed by atoms with E-state index in [1.165, 1.54) is 12.2 Å². The van der Waals surface area contributed by atoms with Gasteiger partial charge in [-0.15, -0.1) is 0 Å². The Morgan fingerprint density at radius 2 is 1.71 bits per heavy atom. The molecular formula is C17H16N2O5. The quantitative estimate of drug-likeness (QED) is 0.546. The standard InChI is InChI=1S/C17H16N2O5/c20-10-13-3-1-12(9-14(13)11-21)2-4-15(22)18-7-8-19-16(23)5-6-17(19)24/h1,3,5-6,9-11H,2,4,7-8H2,(H,18,22). The SMILES string of the molecule is O=Cc1ccc(CCC(=O)NCCN2C(=O)C=CC2=O)cc1C=O. The largest absolute Gasteiger partial charge is 0.354 e. The minimum Gasteiger partial charge on any atom is -0.354 e. The summed E-state index contributed by atoms with van der Waals surface area (Å²) in [5, 5.41) is 2.63. The lowest BCUT2D eigenvalue weighted by Gasteiger charge is -2.14. The number of hydrogen-bond donors (Lipinski definition) is 1. The number of amides is 3. The molecule has 1 aliphatic rings. The number of benzene rings is 1. The average Bonchev–Trinajstić information content (AvgIpc) is 2.91. The second kappa shape index (κ2) is 7.96. The van der Waals surface area contributed by atoms with E-state index in [0.717, 1.165) is 10.5 Å². The summed E-state index contributed by atoms with van der Waals surface area (Å²) in [7, 11) is 0. The van der Waals surface area contributed by atoms with Gasteiger partial charge >= 0.3 is 0 Å². The number of aldehydes is 2. The van der Waals surface area contributed by atoms with Crippen molar-refractivity contribution in [3.8, 4) is 0 Å². The third-order valence-corrected chi connectivity index (χ3v) is 3.60. The van der Waals surface area contributed by atoms with Gasteiger partial charge in [0.05, 0.1) is 0 Å². The maximum Gasteiger partial charge on any atom is 0.253 e. The van der Waals surface area contributed by atoms with Crippen molar-refractivity contribution in [1.82, 2.24) is 10.2 Å². The van der Waals surface area contributed by atoms with Gasteiger partial charge < -0.3 is 5.32 Å². The molecule has 0 saturated carbocycles. The Morgan fingerprint density at radius 1 is 1.04 bits per heavy atom. The molecule has 0 atom stereocenters. The molecule has 0 fully saturated rings. The van der Waals surface area contributed by atoms with Crippen molar-refractivity contribution in [3.63, 3.8) is 0 Å². The van der Waals surface area contributed by atoms with E-state index < -0.39 is 0 Å². The van der Waals surface area contributed by atoms with Gasteiger partial charge in [-0.1, -0.05) is 12.1 Å². The van der Waals surface area contributed by atoms with Crippen LogP contribution in [0.25, 0.3) is 0 Å². The van der Waals surface area contributed by atoms with Crippen LogP contribution >= 0.6 is 0 Å². The summed E-state index contributed by atoms with van der Waals surface area (Å²) in [6, 6.07) is 4.82. The first kappa shape index (κ1) is 17.3. The van der Waals surface area contributed by atoms with E-state index in [2.05, 4.69) is 5.32 Å². The predicted molar refractivity (Wildman–Crippen MR) is 84.4 cm³/mol. The maximum absolute atomic E-state index is 11.8. The van der Waals surface area contributed by atoms with Crippen LogP contribution in [0.4, 0.5) is 0 Å². The highest BCUT2D eigenvalue weighted by Gasteiger charge is 2.22. The van der Waals surface area contributed by atoms with Gasteiger partial charge in [-0.25, -0.2) is 0 Å². The van der Waals surface area contributed by atoms with Gasteiger partial charge in [0.1, 0.15) is 0 Å². The molecule has 24 heavy (non-hydrogen) atoms. The van der Waals surface area contributed by atoms with E-state index in [1.807, 2.05) is 0 Å². The normalized spacial score (nSPS) is 13.2. The molecule has 7 heteroatoms. The molecule has 2 rings (SSSR count). The molecule has 1 N–H and O–H groups in total. The van der Waals surface area contributed by atoms with Crippen molar-refractivity contribution in [3.05, 3.63) is 47.0 Å².